The van der Waals surface area contributed by atoms with Crippen molar-refractivity contribution in [2.75, 3.05) is 0 Å². The molecule has 27 heavy (non-hydrogen) atoms. The number of fused-ring (bicyclic) bond motifs is 1. The molecule has 0 spiro atoms. The van der Waals surface area contributed by atoms with Crippen LogP contribution >= 0.6 is 0 Å². The van der Waals surface area contributed by atoms with Crippen molar-refractivity contribution in [2.24, 2.45) is 0 Å². The Morgan fingerprint density at radius 1 is 1.19 bits per heavy atom. The molecule has 3 rings (SSSR count). The highest BCUT2D eigenvalue weighted by atomic mass is 19.4. The lowest BCUT2D eigenvalue weighted by molar-refractivity contribution is -0.145. The van der Waals surface area contributed by atoms with Gasteiger partial charge in [-0.15, -0.1) is 0 Å². The number of nitrogens with zero attached hydrogens (tertiary/aromatic N) is 3. The Hall–Kier alpha value is -3.49. The predicted octanol–water partition coefficient (Wildman–Crippen LogP) is 3.64. The summed E-state index contributed by atoms with van der Waals surface area (Å²) in [5, 5.41) is 3.41. The fraction of sp³-hybridized carbons (Fsp3) is 0.111. The minimum atomic E-state index is -4.62. The van der Waals surface area contributed by atoms with Crippen LogP contribution in [0.5, 0.6) is 11.5 Å². The maximum absolute atomic E-state index is 12.5. The van der Waals surface area contributed by atoms with E-state index in [9.17, 15) is 18.0 Å². The van der Waals surface area contributed by atoms with Gasteiger partial charge in [-0.05, 0) is 23.8 Å². The second-order valence-electron chi connectivity index (χ2n) is 5.39. The third-order valence-electron chi connectivity index (χ3n) is 3.57. The standard InChI is InChI=1S/C18H13F3N4O2/c1-2-15(26)23-8-11-5-6-14(16-13(11)4-3-7-22-16)27-12-9-24-17(25-10-12)18(19,20)21/h2-7,9-10H,1,8H2,(H,23,26). The summed E-state index contributed by atoms with van der Waals surface area (Å²) in [7, 11) is 0. The zero-order valence-electron chi connectivity index (χ0n) is 13.8. The number of hydrogen-bond acceptors (Lipinski definition) is 5. The third-order valence-corrected chi connectivity index (χ3v) is 3.57. The van der Waals surface area contributed by atoms with Gasteiger partial charge in [-0.25, -0.2) is 9.97 Å². The minimum absolute atomic E-state index is 0.0441. The van der Waals surface area contributed by atoms with Crippen molar-refractivity contribution >= 4 is 16.8 Å². The first-order valence-corrected chi connectivity index (χ1v) is 7.72. The average molecular weight is 374 g/mol. The summed E-state index contributed by atoms with van der Waals surface area (Å²) in [6.07, 6.45) is 0.00298. The van der Waals surface area contributed by atoms with Gasteiger partial charge in [0, 0.05) is 18.1 Å². The molecule has 0 radical (unpaired) electrons. The number of halogens is 3. The maximum Gasteiger partial charge on any atom is 0.451 e. The van der Waals surface area contributed by atoms with Gasteiger partial charge in [0.25, 0.3) is 0 Å². The molecule has 0 unspecified atom stereocenters. The molecule has 0 bridgehead atoms. The van der Waals surface area contributed by atoms with Gasteiger partial charge in [0.1, 0.15) is 5.52 Å². The SMILES string of the molecule is C=CC(=O)NCc1ccc(Oc2cnc(C(F)(F)F)nc2)c2ncccc12. The van der Waals surface area contributed by atoms with Gasteiger partial charge < -0.3 is 10.1 Å². The van der Waals surface area contributed by atoms with E-state index in [4.69, 9.17) is 4.74 Å². The van der Waals surface area contributed by atoms with Gasteiger partial charge in [0.2, 0.25) is 11.7 Å². The lowest BCUT2D eigenvalue weighted by Gasteiger charge is -2.12. The topological polar surface area (TPSA) is 77.0 Å². The first kappa shape index (κ1) is 18.3. The first-order chi connectivity index (χ1) is 12.9. The maximum atomic E-state index is 12.5. The van der Waals surface area contributed by atoms with Crippen molar-refractivity contribution in [3.63, 3.8) is 0 Å². The summed E-state index contributed by atoms with van der Waals surface area (Å²) in [6.45, 7) is 3.65. The monoisotopic (exact) mass is 374 g/mol. The Bertz CT molecular complexity index is 988. The average Bonchev–Trinajstić information content (AvgIpc) is 2.67. The lowest BCUT2D eigenvalue weighted by atomic mass is 10.1. The van der Waals surface area contributed by atoms with Crippen LogP contribution in [0.3, 0.4) is 0 Å². The van der Waals surface area contributed by atoms with Crippen LogP contribution in [0.4, 0.5) is 13.2 Å². The molecule has 9 heteroatoms. The number of ether oxygens (including phenoxy) is 1. The zero-order valence-corrected chi connectivity index (χ0v) is 13.8. The number of alkyl halides is 3. The number of pyridine rings is 1. The summed E-state index contributed by atoms with van der Waals surface area (Å²) >= 11 is 0. The molecule has 0 fully saturated rings. The number of aromatic nitrogens is 3. The van der Waals surface area contributed by atoms with Crippen LogP contribution in [0.2, 0.25) is 0 Å². The Balaban J connectivity index is 1.89. The zero-order chi connectivity index (χ0) is 19.4. The fourth-order valence-corrected chi connectivity index (χ4v) is 2.34. The highest BCUT2D eigenvalue weighted by Crippen LogP contribution is 2.31. The molecule has 0 atom stereocenters. The predicted molar refractivity (Wildman–Crippen MR) is 90.9 cm³/mol. The Morgan fingerprint density at radius 2 is 1.93 bits per heavy atom. The quantitative estimate of drug-likeness (QED) is 0.690. The first-order valence-electron chi connectivity index (χ1n) is 7.72. The number of benzene rings is 1. The normalized spacial score (nSPS) is 11.2. The van der Waals surface area contributed by atoms with Crippen LogP contribution in [0.1, 0.15) is 11.4 Å². The van der Waals surface area contributed by atoms with Crippen molar-refractivity contribution in [3.05, 3.63) is 66.9 Å². The number of hydrogen-bond donors (Lipinski definition) is 1. The highest BCUT2D eigenvalue weighted by molar-refractivity contribution is 5.89. The molecule has 0 aliphatic heterocycles. The Morgan fingerprint density at radius 3 is 2.59 bits per heavy atom. The number of nitrogens with one attached hydrogen (secondary N) is 1. The van der Waals surface area contributed by atoms with E-state index in [2.05, 4.69) is 26.8 Å². The van der Waals surface area contributed by atoms with Crippen molar-refractivity contribution in [2.45, 2.75) is 12.7 Å². The van der Waals surface area contributed by atoms with Crippen LogP contribution < -0.4 is 10.1 Å². The van der Waals surface area contributed by atoms with Crippen molar-refractivity contribution in [1.29, 1.82) is 0 Å². The van der Waals surface area contributed by atoms with Crippen LogP contribution in [0.25, 0.3) is 10.9 Å². The largest absolute Gasteiger partial charge is 0.452 e. The van der Waals surface area contributed by atoms with E-state index in [1.807, 2.05) is 0 Å². The van der Waals surface area contributed by atoms with E-state index >= 15 is 0 Å². The van der Waals surface area contributed by atoms with Gasteiger partial charge >= 0.3 is 6.18 Å². The van der Waals surface area contributed by atoms with E-state index in [0.717, 1.165) is 23.3 Å². The molecule has 2 aromatic heterocycles. The number of carbonyl (C=O) groups is 1. The van der Waals surface area contributed by atoms with Gasteiger partial charge in [0.05, 0.1) is 12.4 Å². The summed E-state index contributed by atoms with van der Waals surface area (Å²) in [5.74, 6) is -1.18. The Labute approximate surface area is 151 Å². The van der Waals surface area contributed by atoms with Gasteiger partial charge in [0.15, 0.2) is 11.5 Å². The highest BCUT2D eigenvalue weighted by Gasteiger charge is 2.34. The van der Waals surface area contributed by atoms with Gasteiger partial charge in [-0.1, -0.05) is 18.7 Å². The van der Waals surface area contributed by atoms with Crippen molar-refractivity contribution < 1.29 is 22.7 Å². The molecule has 0 saturated heterocycles. The molecule has 6 nitrogen and oxygen atoms in total. The molecule has 0 saturated carbocycles. The number of carbonyl (C=O) groups excluding carboxylic acids is 1. The van der Waals surface area contributed by atoms with E-state index in [0.29, 0.717) is 11.3 Å². The van der Waals surface area contributed by atoms with Gasteiger partial charge in [-0.3, -0.25) is 9.78 Å². The molecule has 1 aromatic carbocycles. The molecule has 3 aromatic rings. The lowest BCUT2D eigenvalue weighted by Crippen LogP contribution is -2.20. The van der Waals surface area contributed by atoms with Crippen molar-refractivity contribution in [3.8, 4) is 11.5 Å². The second-order valence-corrected chi connectivity index (χ2v) is 5.39. The molecule has 2 heterocycles. The molecule has 138 valence electrons. The molecule has 1 amide bonds. The van der Waals surface area contributed by atoms with Gasteiger partial charge in [-0.2, -0.15) is 13.2 Å². The number of rotatable bonds is 5. The Kier molecular flexibility index (Phi) is 5.02. The van der Waals surface area contributed by atoms with Crippen LogP contribution in [0.15, 0.2) is 55.5 Å². The summed E-state index contributed by atoms with van der Waals surface area (Å²) in [5.41, 5.74) is 1.28. The number of amides is 1. The van der Waals surface area contributed by atoms with E-state index in [1.165, 1.54) is 6.08 Å². The van der Waals surface area contributed by atoms with E-state index in [-0.39, 0.29) is 18.2 Å². The fourth-order valence-electron chi connectivity index (χ4n) is 2.34. The van der Waals surface area contributed by atoms with Crippen LogP contribution in [0, 0.1) is 0 Å². The summed E-state index contributed by atoms with van der Waals surface area (Å²) in [4.78, 5) is 22.2. The summed E-state index contributed by atoms with van der Waals surface area (Å²) in [6, 6.07) is 6.87. The molecule has 1 N–H and O–H groups in total. The van der Waals surface area contributed by atoms with Crippen LogP contribution in [-0.4, -0.2) is 20.9 Å². The molecule has 0 aliphatic carbocycles. The van der Waals surface area contributed by atoms with E-state index < -0.39 is 12.0 Å². The smallest absolute Gasteiger partial charge is 0.451 e. The summed E-state index contributed by atoms with van der Waals surface area (Å²) < 4.78 is 43.2. The van der Waals surface area contributed by atoms with E-state index in [1.54, 1.807) is 30.5 Å². The molecular formula is C18H13F3N4O2. The third kappa shape index (κ3) is 4.20. The minimum Gasteiger partial charge on any atom is -0.452 e. The molecule has 0 aliphatic rings. The molecular weight excluding hydrogens is 361 g/mol. The van der Waals surface area contributed by atoms with Crippen LogP contribution in [-0.2, 0) is 17.5 Å². The van der Waals surface area contributed by atoms with Crippen molar-refractivity contribution in [1.82, 2.24) is 20.3 Å². The second kappa shape index (κ2) is 7.40.